The van der Waals surface area contributed by atoms with Gasteiger partial charge in [0.15, 0.2) is 7.37 Å². The van der Waals surface area contributed by atoms with Crippen LogP contribution < -0.4 is 0 Å². The van der Waals surface area contributed by atoms with E-state index in [1.54, 1.807) is 0 Å². The molecular formula is C25H53O2P. The van der Waals surface area contributed by atoms with Crippen LogP contribution in [0.4, 0.5) is 0 Å². The first kappa shape index (κ1) is 28.2. The van der Waals surface area contributed by atoms with Crippen molar-refractivity contribution in [3.05, 3.63) is 0 Å². The molecule has 0 radical (unpaired) electrons. The van der Waals surface area contributed by atoms with Crippen molar-refractivity contribution < 1.29 is 9.09 Å². The third kappa shape index (κ3) is 18.2. The van der Waals surface area contributed by atoms with E-state index in [9.17, 15) is 4.57 Å². The molecule has 0 amide bonds. The summed E-state index contributed by atoms with van der Waals surface area (Å²) in [5.74, 6) is 0.746. The second-order valence-corrected chi connectivity index (χ2v) is 11.9. The summed E-state index contributed by atoms with van der Waals surface area (Å²) in [6, 6.07) is 0. The van der Waals surface area contributed by atoms with Crippen molar-refractivity contribution in [2.75, 3.05) is 12.8 Å². The van der Waals surface area contributed by atoms with Gasteiger partial charge in [-0.25, -0.2) is 0 Å². The van der Waals surface area contributed by atoms with Crippen LogP contribution in [0, 0.1) is 5.92 Å². The molecule has 28 heavy (non-hydrogen) atoms. The Labute approximate surface area is 178 Å². The quantitative estimate of drug-likeness (QED) is 0.137. The van der Waals surface area contributed by atoms with Crippen LogP contribution in [0.1, 0.15) is 137 Å². The summed E-state index contributed by atoms with van der Waals surface area (Å²) in [6.07, 6.45) is 22.9. The van der Waals surface area contributed by atoms with Crippen LogP contribution >= 0.6 is 7.37 Å². The van der Waals surface area contributed by atoms with E-state index < -0.39 is 7.37 Å². The van der Waals surface area contributed by atoms with E-state index in [4.69, 9.17) is 4.52 Å². The summed E-state index contributed by atoms with van der Waals surface area (Å²) < 4.78 is 19.0. The van der Waals surface area contributed by atoms with Crippen LogP contribution in [0.25, 0.3) is 0 Å². The minimum atomic E-state index is -2.45. The zero-order chi connectivity index (χ0) is 21.1. The van der Waals surface area contributed by atoms with Crippen LogP contribution in [-0.2, 0) is 9.09 Å². The normalized spacial score (nSPS) is 16.0. The molecule has 3 atom stereocenters. The lowest BCUT2D eigenvalue weighted by Gasteiger charge is -2.23. The first-order chi connectivity index (χ1) is 13.4. The predicted molar refractivity (Wildman–Crippen MR) is 128 cm³/mol. The Morgan fingerprint density at radius 2 is 1.07 bits per heavy atom. The molecule has 0 N–H and O–H groups in total. The molecule has 0 aliphatic heterocycles. The Kier molecular flexibility index (Phi) is 19.3. The van der Waals surface area contributed by atoms with Gasteiger partial charge in [0.05, 0.1) is 6.10 Å². The predicted octanol–water partition coefficient (Wildman–Crippen LogP) is 9.61. The zero-order valence-electron chi connectivity index (χ0n) is 20.1. The van der Waals surface area contributed by atoms with Crippen LogP contribution in [0.15, 0.2) is 0 Å². The number of hydrogen-bond acceptors (Lipinski definition) is 2. The fourth-order valence-electron chi connectivity index (χ4n) is 4.09. The third-order valence-corrected chi connectivity index (χ3v) is 7.87. The van der Waals surface area contributed by atoms with Crippen LogP contribution in [-0.4, -0.2) is 18.9 Å². The van der Waals surface area contributed by atoms with Crippen molar-refractivity contribution in [3.63, 3.8) is 0 Å². The summed E-state index contributed by atoms with van der Waals surface area (Å²) in [5.41, 5.74) is 0. The van der Waals surface area contributed by atoms with E-state index in [1.165, 1.54) is 96.3 Å². The van der Waals surface area contributed by atoms with E-state index in [0.29, 0.717) is 0 Å². The van der Waals surface area contributed by atoms with E-state index in [2.05, 4.69) is 27.7 Å². The fourth-order valence-corrected chi connectivity index (χ4v) is 5.90. The van der Waals surface area contributed by atoms with Gasteiger partial charge < -0.3 is 4.52 Å². The van der Waals surface area contributed by atoms with Crippen molar-refractivity contribution in [2.45, 2.75) is 143 Å². The van der Waals surface area contributed by atoms with Gasteiger partial charge in [0, 0.05) is 12.8 Å². The molecule has 0 heterocycles. The Balaban J connectivity index is 4.26. The van der Waals surface area contributed by atoms with Crippen molar-refractivity contribution in [1.29, 1.82) is 0 Å². The van der Waals surface area contributed by atoms with Crippen LogP contribution in [0.5, 0.6) is 0 Å². The second kappa shape index (κ2) is 19.2. The third-order valence-electron chi connectivity index (χ3n) is 5.99. The van der Waals surface area contributed by atoms with Gasteiger partial charge in [0.25, 0.3) is 0 Å². The van der Waals surface area contributed by atoms with Crippen LogP contribution in [0.3, 0.4) is 0 Å². The van der Waals surface area contributed by atoms with Gasteiger partial charge in [-0.1, -0.05) is 117 Å². The average Bonchev–Trinajstić information content (AvgIpc) is 2.65. The first-order valence-electron chi connectivity index (χ1n) is 12.7. The summed E-state index contributed by atoms with van der Waals surface area (Å²) in [4.78, 5) is 0. The molecule has 0 aliphatic rings. The minimum Gasteiger partial charge on any atom is -0.326 e. The lowest BCUT2D eigenvalue weighted by molar-refractivity contribution is 0.209. The van der Waals surface area contributed by atoms with Gasteiger partial charge in [-0.15, -0.1) is 0 Å². The first-order valence-corrected chi connectivity index (χ1v) is 15.0. The monoisotopic (exact) mass is 416 g/mol. The lowest BCUT2D eigenvalue weighted by atomic mass is 9.92. The van der Waals surface area contributed by atoms with E-state index in [0.717, 1.165) is 24.9 Å². The highest BCUT2D eigenvalue weighted by Gasteiger charge is 2.21. The zero-order valence-corrected chi connectivity index (χ0v) is 21.0. The molecule has 0 rings (SSSR count). The molecule has 3 unspecified atom stereocenters. The van der Waals surface area contributed by atoms with Crippen molar-refractivity contribution in [2.24, 2.45) is 5.92 Å². The molecule has 3 heteroatoms. The number of hydrogen-bond donors (Lipinski definition) is 0. The van der Waals surface area contributed by atoms with Crippen molar-refractivity contribution in [1.82, 2.24) is 0 Å². The molecule has 0 saturated carbocycles. The van der Waals surface area contributed by atoms with Crippen molar-refractivity contribution in [3.8, 4) is 0 Å². The summed E-state index contributed by atoms with van der Waals surface area (Å²) in [7, 11) is -2.45. The molecule has 0 spiro atoms. The molecule has 170 valence electrons. The van der Waals surface area contributed by atoms with Crippen LogP contribution in [0.2, 0.25) is 0 Å². The molecule has 0 saturated heterocycles. The maximum atomic E-state index is 13.0. The molecule has 2 nitrogen and oxygen atoms in total. The van der Waals surface area contributed by atoms with Crippen molar-refractivity contribution >= 4 is 7.37 Å². The molecule has 0 aromatic carbocycles. The Morgan fingerprint density at radius 3 is 1.57 bits per heavy atom. The molecule has 0 aliphatic carbocycles. The van der Waals surface area contributed by atoms with Gasteiger partial charge in [0.2, 0.25) is 0 Å². The molecular weight excluding hydrogens is 363 g/mol. The van der Waals surface area contributed by atoms with E-state index >= 15 is 0 Å². The Hall–Kier alpha value is 0.190. The van der Waals surface area contributed by atoms with Gasteiger partial charge in [-0.05, 0) is 25.7 Å². The van der Waals surface area contributed by atoms with Gasteiger partial charge >= 0.3 is 0 Å². The minimum absolute atomic E-state index is 0.143. The molecule has 0 fully saturated rings. The number of rotatable bonds is 21. The van der Waals surface area contributed by atoms with Gasteiger partial charge in [-0.2, -0.15) is 0 Å². The van der Waals surface area contributed by atoms with Gasteiger partial charge in [-0.3, -0.25) is 4.57 Å². The maximum Gasteiger partial charge on any atom is 0.200 e. The molecule has 0 aromatic rings. The highest BCUT2D eigenvalue weighted by molar-refractivity contribution is 7.58. The largest absolute Gasteiger partial charge is 0.326 e. The topological polar surface area (TPSA) is 26.3 Å². The SMILES string of the molecule is CCCCCCCC(CCCCCC)CCP(C)(=O)OC(C)CCCCCC. The smallest absolute Gasteiger partial charge is 0.200 e. The number of unbranched alkanes of at least 4 members (excludes halogenated alkanes) is 10. The van der Waals surface area contributed by atoms with E-state index in [1.807, 2.05) is 6.66 Å². The van der Waals surface area contributed by atoms with Gasteiger partial charge in [0.1, 0.15) is 0 Å². The highest BCUT2D eigenvalue weighted by atomic mass is 31.2. The molecule has 0 bridgehead atoms. The second-order valence-electron chi connectivity index (χ2n) is 9.21. The standard InChI is InChI=1S/C25H53O2P/c1-6-9-12-15-18-21-25(20-17-14-11-8-3)22-23-28(5,26)27-24(4)19-16-13-10-7-2/h24-25H,6-23H2,1-5H3. The Morgan fingerprint density at radius 1 is 0.643 bits per heavy atom. The fraction of sp³-hybridized carbons (Fsp3) is 1.00. The Bertz CT molecular complexity index is 370. The summed E-state index contributed by atoms with van der Waals surface area (Å²) in [5, 5.41) is 0. The highest BCUT2D eigenvalue weighted by Crippen LogP contribution is 2.46. The average molecular weight is 417 g/mol. The molecule has 0 aromatic heterocycles. The summed E-state index contributed by atoms with van der Waals surface area (Å²) >= 11 is 0. The lowest BCUT2D eigenvalue weighted by Crippen LogP contribution is -2.10. The summed E-state index contributed by atoms with van der Waals surface area (Å²) in [6.45, 7) is 10.8. The van der Waals surface area contributed by atoms with E-state index in [-0.39, 0.29) is 6.10 Å². The maximum absolute atomic E-state index is 13.0.